The molecule has 12 heavy (non-hydrogen) atoms. The maximum Gasteiger partial charge on any atom is 0.229 e. The van der Waals surface area contributed by atoms with Crippen molar-refractivity contribution < 1.29 is 17.6 Å². The molecule has 0 saturated heterocycles. The van der Waals surface area contributed by atoms with Crippen LogP contribution in [0.1, 0.15) is 0 Å². The lowest BCUT2D eigenvalue weighted by Crippen LogP contribution is -2.30. The van der Waals surface area contributed by atoms with Crippen molar-refractivity contribution in [1.29, 1.82) is 0 Å². The molecular weight excluding hydrogens is 402 g/mol. The Morgan fingerprint density at radius 1 is 1.42 bits per heavy atom. The molecule has 0 saturated carbocycles. The van der Waals surface area contributed by atoms with Crippen molar-refractivity contribution in [1.82, 2.24) is 0 Å². The monoisotopic (exact) mass is 404 g/mol. The molecule has 0 aromatic heterocycles. The molecule has 0 spiro atoms. The molecule has 1 aliphatic carbocycles. The maximum absolute atomic E-state index is 13.2. The van der Waals surface area contributed by atoms with Crippen molar-refractivity contribution in [2.24, 2.45) is 0 Å². The second-order valence-electron chi connectivity index (χ2n) is 2.17. The molecule has 0 fully saturated rings. The number of alkyl halides is 3. The number of allylic oxidation sites excluding steroid dienone is 4. The van der Waals surface area contributed by atoms with Crippen LogP contribution in [0.15, 0.2) is 21.3 Å². The van der Waals surface area contributed by atoms with Crippen LogP contribution in [0.25, 0.3) is 0 Å². The highest BCUT2D eigenvalue weighted by Gasteiger charge is 2.45. The summed E-state index contributed by atoms with van der Waals surface area (Å²) in [6.45, 7) is 0. The van der Waals surface area contributed by atoms with Gasteiger partial charge in [0.25, 0.3) is 0 Å². The predicted octanol–water partition coefficient (Wildman–Crippen LogP) is 3.91. The fourth-order valence-corrected chi connectivity index (χ4v) is 1.65. The van der Waals surface area contributed by atoms with Crippen molar-refractivity contribution in [3.8, 4) is 0 Å². The second kappa shape index (κ2) is 3.43. The van der Waals surface area contributed by atoms with E-state index in [1.54, 1.807) is 0 Å². The normalized spacial score (nSPS) is 36.8. The fourth-order valence-electron chi connectivity index (χ4n) is 0.679. The molecule has 0 aromatic rings. The molecule has 0 aliphatic heterocycles. The lowest BCUT2D eigenvalue weighted by molar-refractivity contribution is 0.218. The maximum atomic E-state index is 13.2. The van der Waals surface area contributed by atoms with E-state index < -0.39 is 25.1 Å². The van der Waals surface area contributed by atoms with E-state index in [9.17, 15) is 17.6 Å². The van der Waals surface area contributed by atoms with Crippen molar-refractivity contribution in [3.63, 3.8) is 0 Å². The summed E-state index contributed by atoms with van der Waals surface area (Å²) in [5.41, 5.74) is 0. The largest absolute Gasteiger partial charge is 0.238 e. The molecule has 0 radical (unpaired) electrons. The van der Waals surface area contributed by atoms with Gasteiger partial charge in [0.2, 0.25) is 3.68 Å². The van der Waals surface area contributed by atoms with Crippen LogP contribution in [0.4, 0.5) is 17.6 Å². The van der Waals surface area contributed by atoms with Gasteiger partial charge < -0.3 is 0 Å². The van der Waals surface area contributed by atoms with Gasteiger partial charge in [-0.15, -0.1) is 0 Å². The molecule has 2 atom stereocenters. The van der Waals surface area contributed by atoms with Gasteiger partial charge in [-0.25, -0.2) is 17.6 Å². The minimum absolute atomic E-state index is 0.296. The summed E-state index contributed by atoms with van der Waals surface area (Å²) >= 11 is 2.37. The van der Waals surface area contributed by atoms with Crippen LogP contribution in [-0.2, 0) is 0 Å². The van der Waals surface area contributed by atoms with Gasteiger partial charge in [0.05, 0.1) is 3.58 Å². The van der Waals surface area contributed by atoms with Crippen molar-refractivity contribution in [3.05, 3.63) is 21.3 Å². The molecule has 6 heteroatoms. The van der Waals surface area contributed by atoms with E-state index >= 15 is 0 Å². The topological polar surface area (TPSA) is 0 Å². The first-order chi connectivity index (χ1) is 5.37. The summed E-state index contributed by atoms with van der Waals surface area (Å²) < 4.78 is 47.9. The number of halogens is 6. The van der Waals surface area contributed by atoms with E-state index in [2.05, 4.69) is 0 Å². The molecule has 0 amide bonds. The van der Waals surface area contributed by atoms with Crippen LogP contribution < -0.4 is 0 Å². The van der Waals surface area contributed by atoms with Gasteiger partial charge in [-0.1, -0.05) is 0 Å². The molecule has 0 aromatic carbocycles. The van der Waals surface area contributed by atoms with E-state index in [-0.39, 0.29) is 0 Å². The molecule has 2 unspecified atom stereocenters. The third-order valence-corrected chi connectivity index (χ3v) is 4.76. The smallest absolute Gasteiger partial charge is 0.229 e. The van der Waals surface area contributed by atoms with Crippen LogP contribution in [0, 0.1) is 0 Å². The van der Waals surface area contributed by atoms with E-state index in [1.807, 2.05) is 0 Å². The Morgan fingerprint density at radius 2 is 1.92 bits per heavy atom. The average Bonchev–Trinajstić information content (AvgIpc) is 1.99. The summed E-state index contributed by atoms with van der Waals surface area (Å²) in [7, 11) is 0. The molecule has 1 aliphatic rings. The Kier molecular flexibility index (Phi) is 3.07. The van der Waals surface area contributed by atoms with E-state index in [0.717, 1.165) is 22.6 Å². The molecule has 0 nitrogen and oxygen atoms in total. The van der Waals surface area contributed by atoms with Gasteiger partial charge in [0, 0.05) is 0 Å². The minimum Gasteiger partial charge on any atom is -0.238 e. The fraction of sp³-hybridized carbons (Fsp3) is 0.333. The van der Waals surface area contributed by atoms with Crippen molar-refractivity contribution in [2.75, 3.05) is 0 Å². The summed E-state index contributed by atoms with van der Waals surface area (Å²) in [6, 6.07) is 0. The first-order valence-electron chi connectivity index (χ1n) is 2.82. The van der Waals surface area contributed by atoms with Crippen molar-refractivity contribution >= 4 is 45.2 Å². The standard InChI is InChI=1S/C6H2F4I2/c7-2-1-3(8)6(10,12)5(11)4(2)9/h1,3H. The van der Waals surface area contributed by atoms with E-state index in [0.29, 0.717) is 6.08 Å². The predicted molar refractivity (Wildman–Crippen MR) is 54.1 cm³/mol. The summed E-state index contributed by atoms with van der Waals surface area (Å²) in [5, 5.41) is 0. The van der Waals surface area contributed by atoms with Gasteiger partial charge in [-0.05, 0) is 51.3 Å². The molecule has 1 rings (SSSR count). The number of hydrogen-bond donors (Lipinski definition) is 0. The summed E-state index contributed by atoms with van der Waals surface area (Å²) in [5.74, 6) is -2.65. The first kappa shape index (κ1) is 10.7. The number of hydrogen-bond acceptors (Lipinski definition) is 0. The Balaban J connectivity index is 3.18. The highest BCUT2D eigenvalue weighted by molar-refractivity contribution is 14.1. The zero-order valence-electron chi connectivity index (χ0n) is 5.42. The molecule has 0 bridgehead atoms. The van der Waals surface area contributed by atoms with Gasteiger partial charge >= 0.3 is 0 Å². The Bertz CT molecular complexity index is 269. The van der Waals surface area contributed by atoms with Crippen LogP contribution in [-0.4, -0.2) is 9.85 Å². The van der Waals surface area contributed by atoms with Crippen LogP contribution >= 0.6 is 45.2 Å². The van der Waals surface area contributed by atoms with Gasteiger partial charge in [-0.2, -0.15) is 0 Å². The lowest BCUT2D eigenvalue weighted by Gasteiger charge is -2.23. The third kappa shape index (κ3) is 1.64. The van der Waals surface area contributed by atoms with Crippen LogP contribution in [0.3, 0.4) is 0 Å². The lowest BCUT2D eigenvalue weighted by atomic mass is 10.1. The van der Waals surface area contributed by atoms with Gasteiger partial charge in [0.15, 0.2) is 17.8 Å². The summed E-state index contributed by atoms with van der Waals surface area (Å²) in [6.07, 6.45) is -1.84. The molecule has 68 valence electrons. The Hall–Kier alpha value is 0.660. The van der Waals surface area contributed by atoms with Crippen LogP contribution in [0.2, 0.25) is 0 Å². The summed E-state index contributed by atoms with van der Waals surface area (Å²) in [4.78, 5) is 0. The zero-order valence-corrected chi connectivity index (χ0v) is 9.74. The van der Waals surface area contributed by atoms with Gasteiger partial charge in [0.1, 0.15) is 0 Å². The average molecular weight is 404 g/mol. The molecule has 0 heterocycles. The van der Waals surface area contributed by atoms with Crippen LogP contribution in [0.5, 0.6) is 0 Å². The highest BCUT2D eigenvalue weighted by atomic mass is 127. The Labute approximate surface area is 93.4 Å². The highest BCUT2D eigenvalue weighted by Crippen LogP contribution is 2.46. The molecule has 0 N–H and O–H groups in total. The Morgan fingerprint density at radius 3 is 2.42 bits per heavy atom. The van der Waals surface area contributed by atoms with E-state index in [1.165, 1.54) is 22.6 Å². The quantitative estimate of drug-likeness (QED) is 0.327. The second-order valence-corrected chi connectivity index (χ2v) is 4.82. The van der Waals surface area contributed by atoms with Gasteiger partial charge in [-0.3, -0.25) is 0 Å². The minimum atomic E-state index is -2.47. The molecular formula is C6H2F4I2. The van der Waals surface area contributed by atoms with Crippen molar-refractivity contribution in [2.45, 2.75) is 9.85 Å². The number of rotatable bonds is 0. The SMILES string of the molecule is FC1=CC(F)C(F)(I)C(I)=C1F. The first-order valence-corrected chi connectivity index (χ1v) is 4.98. The van der Waals surface area contributed by atoms with E-state index in [4.69, 9.17) is 0 Å². The zero-order chi connectivity index (χ0) is 9.52. The third-order valence-electron chi connectivity index (χ3n) is 1.33.